The third-order valence-corrected chi connectivity index (χ3v) is 3.48. The van der Waals surface area contributed by atoms with E-state index in [1.165, 1.54) is 0 Å². The van der Waals surface area contributed by atoms with Crippen LogP contribution in [0.4, 0.5) is 0 Å². The van der Waals surface area contributed by atoms with Crippen molar-refractivity contribution in [2.75, 3.05) is 19.7 Å². The average Bonchev–Trinajstić information content (AvgIpc) is 2.69. The van der Waals surface area contributed by atoms with Crippen molar-refractivity contribution in [3.05, 3.63) is 0 Å². The Labute approximate surface area is 97.9 Å². The van der Waals surface area contributed by atoms with Gasteiger partial charge in [-0.05, 0) is 25.8 Å². The molecule has 1 aliphatic rings. The first-order valence-corrected chi connectivity index (χ1v) is 6.25. The molecule has 3 N–H and O–H groups in total. The van der Waals surface area contributed by atoms with E-state index < -0.39 is 0 Å². The van der Waals surface area contributed by atoms with Crippen LogP contribution in [0.3, 0.4) is 0 Å². The zero-order chi connectivity index (χ0) is 12.0. The highest BCUT2D eigenvalue weighted by Gasteiger charge is 2.24. The van der Waals surface area contributed by atoms with Gasteiger partial charge in [0.25, 0.3) is 0 Å². The highest BCUT2D eigenvalue weighted by atomic mass is 16.5. The van der Waals surface area contributed by atoms with Crippen LogP contribution in [0.5, 0.6) is 0 Å². The number of rotatable bonds is 6. The molecular weight excluding hydrogens is 204 g/mol. The third kappa shape index (κ3) is 4.10. The van der Waals surface area contributed by atoms with E-state index in [9.17, 15) is 4.79 Å². The first kappa shape index (κ1) is 13.5. The van der Waals surface area contributed by atoms with Gasteiger partial charge in [0.05, 0.1) is 6.10 Å². The van der Waals surface area contributed by atoms with E-state index in [1.807, 2.05) is 0 Å². The van der Waals surface area contributed by atoms with E-state index in [4.69, 9.17) is 10.5 Å². The molecule has 0 aromatic heterocycles. The molecule has 0 saturated carbocycles. The number of carbonyl (C=O) groups is 1. The first-order chi connectivity index (χ1) is 7.67. The molecule has 4 heteroatoms. The van der Waals surface area contributed by atoms with Crippen LogP contribution in [0.2, 0.25) is 0 Å². The zero-order valence-electron chi connectivity index (χ0n) is 10.4. The van der Waals surface area contributed by atoms with Gasteiger partial charge in [0.2, 0.25) is 5.91 Å². The largest absolute Gasteiger partial charge is 0.378 e. The predicted molar refractivity (Wildman–Crippen MR) is 64.0 cm³/mol. The molecule has 0 aromatic carbocycles. The molecule has 0 spiro atoms. The van der Waals surface area contributed by atoms with Crippen molar-refractivity contribution in [1.29, 1.82) is 0 Å². The van der Waals surface area contributed by atoms with Gasteiger partial charge in [0, 0.05) is 25.5 Å². The van der Waals surface area contributed by atoms with E-state index in [1.54, 1.807) is 0 Å². The molecule has 0 bridgehead atoms. The average molecular weight is 228 g/mol. The molecule has 1 saturated heterocycles. The molecule has 4 nitrogen and oxygen atoms in total. The van der Waals surface area contributed by atoms with E-state index in [0.29, 0.717) is 24.8 Å². The van der Waals surface area contributed by atoms with Crippen molar-refractivity contribution in [2.24, 2.45) is 17.6 Å². The van der Waals surface area contributed by atoms with Crippen LogP contribution in [0.15, 0.2) is 0 Å². The lowest BCUT2D eigenvalue weighted by molar-refractivity contribution is -0.122. The molecule has 3 unspecified atom stereocenters. The molecule has 1 aliphatic heterocycles. The van der Waals surface area contributed by atoms with E-state index in [-0.39, 0.29) is 12.0 Å². The Balaban J connectivity index is 2.19. The molecule has 1 amide bonds. The molecule has 0 radical (unpaired) electrons. The van der Waals surface area contributed by atoms with Crippen molar-refractivity contribution in [2.45, 2.75) is 39.2 Å². The number of carbonyl (C=O) groups excluding carboxylic acids is 1. The highest BCUT2D eigenvalue weighted by Crippen LogP contribution is 2.19. The lowest BCUT2D eigenvalue weighted by Gasteiger charge is -2.16. The summed E-state index contributed by atoms with van der Waals surface area (Å²) in [6.45, 7) is 6.28. The number of amides is 1. The summed E-state index contributed by atoms with van der Waals surface area (Å²) in [5.41, 5.74) is 5.57. The van der Waals surface area contributed by atoms with Crippen molar-refractivity contribution in [3.63, 3.8) is 0 Å². The summed E-state index contributed by atoms with van der Waals surface area (Å²) in [7, 11) is 0. The summed E-state index contributed by atoms with van der Waals surface area (Å²) in [6.07, 6.45) is 2.84. The maximum Gasteiger partial charge on any atom is 0.220 e. The fourth-order valence-electron chi connectivity index (χ4n) is 2.02. The van der Waals surface area contributed by atoms with Crippen molar-refractivity contribution in [1.82, 2.24) is 5.32 Å². The minimum absolute atomic E-state index is 0.122. The van der Waals surface area contributed by atoms with Gasteiger partial charge in [-0.15, -0.1) is 0 Å². The molecular formula is C12H24N2O2. The first-order valence-electron chi connectivity index (χ1n) is 6.25. The Morgan fingerprint density at radius 2 is 2.38 bits per heavy atom. The van der Waals surface area contributed by atoms with Crippen LogP contribution >= 0.6 is 0 Å². The number of ether oxygens (including phenoxy) is 1. The van der Waals surface area contributed by atoms with Gasteiger partial charge in [-0.3, -0.25) is 4.79 Å². The van der Waals surface area contributed by atoms with Crippen LogP contribution in [0, 0.1) is 11.8 Å². The van der Waals surface area contributed by atoms with Crippen LogP contribution in [0.25, 0.3) is 0 Å². The molecule has 94 valence electrons. The van der Waals surface area contributed by atoms with Crippen LogP contribution in [-0.2, 0) is 9.53 Å². The minimum Gasteiger partial charge on any atom is -0.378 e. The van der Waals surface area contributed by atoms with Crippen LogP contribution in [-0.4, -0.2) is 31.7 Å². The fourth-order valence-corrected chi connectivity index (χ4v) is 2.02. The summed E-state index contributed by atoms with van der Waals surface area (Å²) in [5, 5.41) is 2.98. The molecule has 1 fully saturated rings. The molecule has 3 atom stereocenters. The Bertz CT molecular complexity index is 217. The maximum atomic E-state index is 11.6. The van der Waals surface area contributed by atoms with Gasteiger partial charge in [-0.25, -0.2) is 0 Å². The van der Waals surface area contributed by atoms with Crippen molar-refractivity contribution in [3.8, 4) is 0 Å². The van der Waals surface area contributed by atoms with Gasteiger partial charge >= 0.3 is 0 Å². The summed E-state index contributed by atoms with van der Waals surface area (Å²) in [6, 6.07) is 0. The molecule has 1 heterocycles. The fraction of sp³-hybridized carbons (Fsp3) is 0.917. The normalized spacial score (nSPS) is 26.7. The summed E-state index contributed by atoms with van der Waals surface area (Å²) >= 11 is 0. The summed E-state index contributed by atoms with van der Waals surface area (Å²) in [4.78, 5) is 11.6. The van der Waals surface area contributed by atoms with E-state index >= 15 is 0 Å². The number of nitrogens with two attached hydrogens (primary N) is 1. The van der Waals surface area contributed by atoms with Crippen LogP contribution < -0.4 is 11.1 Å². The lowest BCUT2D eigenvalue weighted by atomic mass is 10.0. The second kappa shape index (κ2) is 6.86. The zero-order valence-corrected chi connectivity index (χ0v) is 10.4. The van der Waals surface area contributed by atoms with E-state index in [0.717, 1.165) is 26.0 Å². The second-order valence-electron chi connectivity index (χ2n) is 4.64. The lowest BCUT2D eigenvalue weighted by Crippen LogP contribution is -2.33. The summed E-state index contributed by atoms with van der Waals surface area (Å²) in [5.74, 6) is 0.913. The number of hydrogen-bond acceptors (Lipinski definition) is 3. The topological polar surface area (TPSA) is 64.4 Å². The van der Waals surface area contributed by atoms with Gasteiger partial charge < -0.3 is 15.8 Å². The van der Waals surface area contributed by atoms with Gasteiger partial charge in [0.15, 0.2) is 0 Å². The summed E-state index contributed by atoms with van der Waals surface area (Å²) < 4.78 is 5.45. The maximum absolute atomic E-state index is 11.6. The highest BCUT2D eigenvalue weighted by molar-refractivity contribution is 5.76. The predicted octanol–water partition coefficient (Wildman–Crippen LogP) is 0.903. The molecule has 16 heavy (non-hydrogen) atoms. The quantitative estimate of drug-likeness (QED) is 0.710. The monoisotopic (exact) mass is 228 g/mol. The Morgan fingerprint density at radius 1 is 1.62 bits per heavy atom. The second-order valence-corrected chi connectivity index (χ2v) is 4.64. The van der Waals surface area contributed by atoms with Gasteiger partial charge in [-0.2, -0.15) is 0 Å². The smallest absolute Gasteiger partial charge is 0.220 e. The Hall–Kier alpha value is -0.610. The number of hydrogen-bond donors (Lipinski definition) is 2. The standard InChI is InChI=1S/C12H24N2O2/c1-3-10(7-13)6-12(15)14-8-11-4-5-16-9(11)2/h9-11H,3-8,13H2,1-2H3,(H,14,15). The van der Waals surface area contributed by atoms with E-state index in [2.05, 4.69) is 19.2 Å². The van der Waals surface area contributed by atoms with Gasteiger partial charge in [-0.1, -0.05) is 13.3 Å². The molecule has 0 aliphatic carbocycles. The minimum atomic E-state index is 0.122. The van der Waals surface area contributed by atoms with Crippen LogP contribution in [0.1, 0.15) is 33.1 Å². The van der Waals surface area contributed by atoms with Crippen molar-refractivity contribution < 1.29 is 9.53 Å². The number of nitrogens with one attached hydrogen (secondary N) is 1. The third-order valence-electron chi connectivity index (χ3n) is 3.48. The Morgan fingerprint density at radius 3 is 2.88 bits per heavy atom. The molecule has 1 rings (SSSR count). The molecule has 0 aromatic rings. The van der Waals surface area contributed by atoms with Gasteiger partial charge in [0.1, 0.15) is 0 Å². The SMILES string of the molecule is CCC(CN)CC(=O)NCC1CCOC1C. The van der Waals surface area contributed by atoms with Crippen molar-refractivity contribution >= 4 is 5.91 Å². The Kier molecular flexibility index (Phi) is 5.77.